The third kappa shape index (κ3) is 1.61. The predicted molar refractivity (Wildman–Crippen MR) is 45.1 cm³/mol. The molecule has 2 radical (unpaired) electrons. The van der Waals surface area contributed by atoms with E-state index in [-0.39, 0.29) is 0 Å². The predicted octanol–water partition coefficient (Wildman–Crippen LogP) is -0.112. The van der Waals surface area contributed by atoms with Gasteiger partial charge < -0.3 is 5.73 Å². The SMILES string of the molecule is [B]c1cc(C(N)=O)ccc1C. The topological polar surface area (TPSA) is 43.1 Å². The van der Waals surface area contributed by atoms with Crippen LogP contribution in [0, 0.1) is 6.92 Å². The zero-order valence-corrected chi connectivity index (χ0v) is 6.29. The first-order valence-corrected chi connectivity index (χ1v) is 3.27. The lowest BCUT2D eigenvalue weighted by Gasteiger charge is -2.00. The summed E-state index contributed by atoms with van der Waals surface area (Å²) in [6.45, 7) is 1.88. The van der Waals surface area contributed by atoms with Gasteiger partial charge in [-0.25, -0.2) is 0 Å². The molecule has 1 aromatic rings. The number of benzene rings is 1. The van der Waals surface area contributed by atoms with Crippen molar-refractivity contribution in [3.05, 3.63) is 29.3 Å². The van der Waals surface area contributed by atoms with E-state index in [1.807, 2.05) is 6.92 Å². The maximum atomic E-state index is 10.6. The Balaban J connectivity index is 3.15. The van der Waals surface area contributed by atoms with Gasteiger partial charge in [0.15, 0.2) is 0 Å². The third-order valence-corrected chi connectivity index (χ3v) is 1.56. The fourth-order valence-corrected chi connectivity index (χ4v) is 0.794. The summed E-state index contributed by atoms with van der Waals surface area (Å²) in [6, 6.07) is 5.02. The van der Waals surface area contributed by atoms with E-state index in [1.54, 1.807) is 18.2 Å². The van der Waals surface area contributed by atoms with Crippen LogP contribution in [0.5, 0.6) is 0 Å². The smallest absolute Gasteiger partial charge is 0.248 e. The van der Waals surface area contributed by atoms with Crippen molar-refractivity contribution in [2.75, 3.05) is 0 Å². The van der Waals surface area contributed by atoms with E-state index in [1.165, 1.54) is 0 Å². The monoisotopic (exact) mass is 145 g/mol. The zero-order chi connectivity index (χ0) is 8.43. The minimum absolute atomic E-state index is 0.448. The molecule has 0 saturated carbocycles. The van der Waals surface area contributed by atoms with E-state index >= 15 is 0 Å². The van der Waals surface area contributed by atoms with Crippen molar-refractivity contribution >= 4 is 19.2 Å². The van der Waals surface area contributed by atoms with Crippen LogP contribution < -0.4 is 11.2 Å². The Morgan fingerprint density at radius 3 is 2.64 bits per heavy atom. The van der Waals surface area contributed by atoms with Crippen molar-refractivity contribution in [3.8, 4) is 0 Å². The Labute approximate surface area is 66.8 Å². The molecule has 3 heteroatoms. The summed E-state index contributed by atoms with van der Waals surface area (Å²) in [5.74, 6) is -0.448. The van der Waals surface area contributed by atoms with Crippen molar-refractivity contribution in [1.29, 1.82) is 0 Å². The van der Waals surface area contributed by atoms with E-state index in [9.17, 15) is 4.79 Å². The Morgan fingerprint density at radius 1 is 1.55 bits per heavy atom. The molecule has 0 aliphatic carbocycles. The van der Waals surface area contributed by atoms with Crippen LogP contribution in [0.4, 0.5) is 0 Å². The van der Waals surface area contributed by atoms with Gasteiger partial charge in [0, 0.05) is 5.56 Å². The maximum absolute atomic E-state index is 10.6. The molecular weight excluding hydrogens is 137 g/mol. The van der Waals surface area contributed by atoms with Gasteiger partial charge >= 0.3 is 0 Å². The quantitative estimate of drug-likeness (QED) is 0.550. The second-order valence-corrected chi connectivity index (χ2v) is 2.44. The van der Waals surface area contributed by atoms with Crippen molar-refractivity contribution in [2.24, 2.45) is 5.73 Å². The maximum Gasteiger partial charge on any atom is 0.248 e. The molecule has 0 aliphatic heterocycles. The molecule has 0 fully saturated rings. The highest BCUT2D eigenvalue weighted by Gasteiger charge is 1.99. The number of rotatable bonds is 1. The second kappa shape index (κ2) is 2.78. The number of carbonyl (C=O) groups excluding carboxylic acids is 1. The summed E-state index contributed by atoms with van der Waals surface area (Å²) in [6.07, 6.45) is 0. The fraction of sp³-hybridized carbons (Fsp3) is 0.125. The Morgan fingerprint density at radius 2 is 2.18 bits per heavy atom. The number of amides is 1. The van der Waals surface area contributed by atoms with Crippen LogP contribution >= 0.6 is 0 Å². The summed E-state index contributed by atoms with van der Waals surface area (Å²) in [4.78, 5) is 10.6. The van der Waals surface area contributed by atoms with Gasteiger partial charge in [-0.15, -0.1) is 0 Å². The highest BCUT2D eigenvalue weighted by atomic mass is 16.1. The number of primary amides is 1. The van der Waals surface area contributed by atoms with Crippen molar-refractivity contribution < 1.29 is 4.79 Å². The van der Waals surface area contributed by atoms with Crippen molar-refractivity contribution in [1.82, 2.24) is 0 Å². The molecule has 0 bridgehead atoms. The van der Waals surface area contributed by atoms with Crippen LogP contribution in [-0.4, -0.2) is 13.8 Å². The van der Waals surface area contributed by atoms with Gasteiger partial charge in [-0.3, -0.25) is 4.79 Å². The Hall–Kier alpha value is -1.25. The van der Waals surface area contributed by atoms with Gasteiger partial charge in [0.05, 0.1) is 0 Å². The lowest BCUT2D eigenvalue weighted by molar-refractivity contribution is 0.100. The lowest BCUT2D eigenvalue weighted by Crippen LogP contribution is -2.16. The summed E-state index contributed by atoms with van der Waals surface area (Å²) in [5.41, 5.74) is 7.04. The first-order valence-electron chi connectivity index (χ1n) is 3.27. The van der Waals surface area contributed by atoms with Crippen LogP contribution in [0.25, 0.3) is 0 Å². The number of hydrogen-bond acceptors (Lipinski definition) is 1. The molecule has 0 aliphatic rings. The first-order chi connectivity index (χ1) is 5.11. The van der Waals surface area contributed by atoms with Crippen LogP contribution in [0.15, 0.2) is 18.2 Å². The molecule has 0 atom stereocenters. The molecule has 0 aromatic heterocycles. The number of carbonyl (C=O) groups is 1. The van der Waals surface area contributed by atoms with Gasteiger partial charge in [0.1, 0.15) is 7.85 Å². The normalized spacial score (nSPS) is 9.55. The minimum Gasteiger partial charge on any atom is -0.366 e. The van der Waals surface area contributed by atoms with E-state index in [4.69, 9.17) is 13.6 Å². The fourth-order valence-electron chi connectivity index (χ4n) is 0.794. The van der Waals surface area contributed by atoms with Crippen LogP contribution in [-0.2, 0) is 0 Å². The summed E-state index contributed by atoms with van der Waals surface area (Å²) in [7, 11) is 5.55. The molecule has 0 spiro atoms. The molecule has 0 saturated heterocycles. The Kier molecular flexibility index (Phi) is 1.99. The summed E-state index contributed by atoms with van der Waals surface area (Å²) < 4.78 is 0. The van der Waals surface area contributed by atoms with Gasteiger partial charge in [-0.1, -0.05) is 23.2 Å². The molecule has 0 heterocycles. The average molecular weight is 145 g/mol. The molecule has 11 heavy (non-hydrogen) atoms. The highest BCUT2D eigenvalue weighted by molar-refractivity contribution is 6.33. The summed E-state index contributed by atoms with van der Waals surface area (Å²) >= 11 is 0. The molecule has 1 rings (SSSR count). The molecule has 0 unspecified atom stereocenters. The minimum atomic E-state index is -0.448. The molecule has 2 N–H and O–H groups in total. The van der Waals surface area contributed by atoms with E-state index in [0.717, 1.165) is 5.56 Å². The van der Waals surface area contributed by atoms with Gasteiger partial charge in [0.25, 0.3) is 0 Å². The molecule has 1 amide bonds. The van der Waals surface area contributed by atoms with Crippen molar-refractivity contribution in [3.63, 3.8) is 0 Å². The molecule has 2 nitrogen and oxygen atoms in total. The standard InChI is InChI=1S/C8H8BNO/c1-5-2-3-6(8(10)11)4-7(5)9/h2-4H,1H3,(H2,10,11). The number of aryl methyl sites for hydroxylation is 1. The van der Waals surface area contributed by atoms with Gasteiger partial charge in [-0.05, 0) is 13.0 Å². The van der Waals surface area contributed by atoms with Crippen molar-refractivity contribution in [2.45, 2.75) is 6.92 Å². The summed E-state index contributed by atoms with van der Waals surface area (Å²) in [5, 5.41) is 0. The molecular formula is C8H8BNO. The molecule has 54 valence electrons. The first kappa shape index (κ1) is 7.86. The van der Waals surface area contributed by atoms with E-state index in [0.29, 0.717) is 11.0 Å². The van der Waals surface area contributed by atoms with E-state index in [2.05, 4.69) is 0 Å². The lowest BCUT2D eigenvalue weighted by atomic mass is 9.89. The number of hydrogen-bond donors (Lipinski definition) is 1. The Bertz CT molecular complexity index is 296. The zero-order valence-electron chi connectivity index (χ0n) is 6.29. The third-order valence-electron chi connectivity index (χ3n) is 1.56. The van der Waals surface area contributed by atoms with Gasteiger partial charge in [-0.2, -0.15) is 0 Å². The van der Waals surface area contributed by atoms with Crippen LogP contribution in [0.1, 0.15) is 15.9 Å². The van der Waals surface area contributed by atoms with E-state index < -0.39 is 5.91 Å². The van der Waals surface area contributed by atoms with Crippen LogP contribution in [0.2, 0.25) is 0 Å². The second-order valence-electron chi connectivity index (χ2n) is 2.44. The highest BCUT2D eigenvalue weighted by Crippen LogP contribution is 1.98. The average Bonchev–Trinajstić information content (AvgIpc) is 1.94. The van der Waals surface area contributed by atoms with Crippen LogP contribution in [0.3, 0.4) is 0 Å². The largest absolute Gasteiger partial charge is 0.366 e. The molecule has 1 aromatic carbocycles. The van der Waals surface area contributed by atoms with Gasteiger partial charge in [0.2, 0.25) is 5.91 Å². The number of nitrogens with two attached hydrogens (primary N) is 1.